The van der Waals surface area contributed by atoms with Crippen LogP contribution in [0.15, 0.2) is 47.7 Å². The normalized spacial score (nSPS) is 10.4. The Morgan fingerprint density at radius 2 is 1.74 bits per heavy atom. The maximum Gasteiger partial charge on any atom is 0.250 e. The standard InChI is InChI=1S/C11H8BrN7/c12-8-4-15-10(16-5-8)18-9-6-17-19(7-9)11-13-2-1-3-14-11/h1-7H,(H,15,16,18). The van der Waals surface area contributed by atoms with E-state index in [2.05, 4.69) is 46.3 Å². The Bertz CT molecular complexity index is 665. The van der Waals surface area contributed by atoms with E-state index in [1.54, 1.807) is 47.9 Å². The van der Waals surface area contributed by atoms with Gasteiger partial charge in [-0.15, -0.1) is 0 Å². The van der Waals surface area contributed by atoms with Crippen molar-refractivity contribution in [1.29, 1.82) is 0 Å². The lowest BCUT2D eigenvalue weighted by Crippen LogP contribution is -2.00. The highest BCUT2D eigenvalue weighted by Gasteiger charge is 2.04. The van der Waals surface area contributed by atoms with Gasteiger partial charge in [0.25, 0.3) is 0 Å². The molecule has 3 rings (SSSR count). The first-order valence-corrected chi connectivity index (χ1v) is 6.17. The molecule has 0 aromatic carbocycles. The van der Waals surface area contributed by atoms with Crippen LogP contribution in [-0.4, -0.2) is 29.7 Å². The monoisotopic (exact) mass is 317 g/mol. The summed E-state index contributed by atoms with van der Waals surface area (Å²) in [5.74, 6) is 1.00. The molecule has 3 aromatic rings. The predicted molar refractivity (Wildman–Crippen MR) is 72.2 cm³/mol. The number of rotatable bonds is 3. The zero-order valence-electron chi connectivity index (χ0n) is 9.60. The van der Waals surface area contributed by atoms with Crippen LogP contribution in [0.3, 0.4) is 0 Å². The number of nitrogens with zero attached hydrogens (tertiary/aromatic N) is 6. The number of hydrogen-bond acceptors (Lipinski definition) is 6. The number of nitrogens with one attached hydrogen (secondary N) is 1. The van der Waals surface area contributed by atoms with Gasteiger partial charge in [0.15, 0.2) is 0 Å². The minimum absolute atomic E-state index is 0.497. The number of halogens is 1. The van der Waals surface area contributed by atoms with Crippen molar-refractivity contribution in [2.75, 3.05) is 5.32 Å². The van der Waals surface area contributed by atoms with Gasteiger partial charge in [-0.1, -0.05) is 0 Å². The quantitative estimate of drug-likeness (QED) is 0.795. The molecular formula is C11H8BrN7. The van der Waals surface area contributed by atoms with E-state index in [9.17, 15) is 0 Å². The average Bonchev–Trinajstić information content (AvgIpc) is 2.91. The van der Waals surface area contributed by atoms with E-state index < -0.39 is 0 Å². The lowest BCUT2D eigenvalue weighted by molar-refractivity contribution is 0.808. The van der Waals surface area contributed by atoms with Crippen LogP contribution in [0.5, 0.6) is 0 Å². The Hall–Kier alpha value is -2.35. The number of hydrogen-bond donors (Lipinski definition) is 1. The van der Waals surface area contributed by atoms with Gasteiger partial charge in [0.2, 0.25) is 11.9 Å². The topological polar surface area (TPSA) is 81.4 Å². The van der Waals surface area contributed by atoms with Crippen molar-refractivity contribution in [2.45, 2.75) is 0 Å². The van der Waals surface area contributed by atoms with E-state index in [0.717, 1.165) is 10.2 Å². The van der Waals surface area contributed by atoms with Gasteiger partial charge in [-0.3, -0.25) is 0 Å². The molecule has 0 saturated carbocycles. The molecule has 0 aliphatic carbocycles. The summed E-state index contributed by atoms with van der Waals surface area (Å²) in [5.41, 5.74) is 0.759. The molecule has 0 aliphatic heterocycles. The van der Waals surface area contributed by atoms with Crippen LogP contribution in [-0.2, 0) is 0 Å². The lowest BCUT2D eigenvalue weighted by Gasteiger charge is -2.00. The van der Waals surface area contributed by atoms with Crippen LogP contribution in [0, 0.1) is 0 Å². The summed E-state index contributed by atoms with van der Waals surface area (Å²) in [6.45, 7) is 0. The summed E-state index contributed by atoms with van der Waals surface area (Å²) >= 11 is 3.28. The third kappa shape index (κ3) is 2.74. The Morgan fingerprint density at radius 1 is 1.00 bits per heavy atom. The molecule has 3 aromatic heterocycles. The highest BCUT2D eigenvalue weighted by molar-refractivity contribution is 9.10. The van der Waals surface area contributed by atoms with Gasteiger partial charge < -0.3 is 5.32 Å². The highest BCUT2D eigenvalue weighted by Crippen LogP contribution is 2.14. The Labute approximate surface area is 116 Å². The highest BCUT2D eigenvalue weighted by atomic mass is 79.9. The van der Waals surface area contributed by atoms with Gasteiger partial charge in [-0.2, -0.15) is 5.10 Å². The van der Waals surface area contributed by atoms with Gasteiger partial charge >= 0.3 is 0 Å². The summed E-state index contributed by atoms with van der Waals surface area (Å²) < 4.78 is 2.40. The fourth-order valence-corrected chi connectivity index (χ4v) is 1.62. The molecule has 0 bridgehead atoms. The van der Waals surface area contributed by atoms with Crippen LogP contribution in [0.4, 0.5) is 11.6 Å². The van der Waals surface area contributed by atoms with E-state index in [-0.39, 0.29) is 0 Å². The fraction of sp³-hybridized carbons (Fsp3) is 0. The third-order valence-corrected chi connectivity index (χ3v) is 2.63. The summed E-state index contributed by atoms with van der Waals surface area (Å²) in [7, 11) is 0. The molecule has 0 spiro atoms. The molecule has 0 unspecified atom stereocenters. The van der Waals surface area contributed by atoms with Crippen LogP contribution in [0.2, 0.25) is 0 Å². The molecule has 94 valence electrons. The van der Waals surface area contributed by atoms with Gasteiger partial charge in [0, 0.05) is 24.8 Å². The molecule has 3 heterocycles. The van der Waals surface area contributed by atoms with Gasteiger partial charge in [-0.25, -0.2) is 24.6 Å². The summed E-state index contributed by atoms with van der Waals surface area (Å²) in [4.78, 5) is 16.4. The molecule has 7 nitrogen and oxygen atoms in total. The molecule has 1 N–H and O–H groups in total. The van der Waals surface area contributed by atoms with Crippen LogP contribution < -0.4 is 5.32 Å². The number of aromatic nitrogens is 6. The molecule has 8 heteroatoms. The summed E-state index contributed by atoms with van der Waals surface area (Å²) in [6, 6.07) is 1.75. The minimum Gasteiger partial charge on any atom is -0.321 e. The van der Waals surface area contributed by atoms with E-state index in [1.165, 1.54) is 0 Å². The van der Waals surface area contributed by atoms with Crippen molar-refractivity contribution in [3.63, 3.8) is 0 Å². The molecule has 0 aliphatic rings. The van der Waals surface area contributed by atoms with Crippen LogP contribution in [0.1, 0.15) is 0 Å². The maximum absolute atomic E-state index is 4.16. The van der Waals surface area contributed by atoms with Crippen LogP contribution in [0.25, 0.3) is 5.95 Å². The van der Waals surface area contributed by atoms with Crippen LogP contribution >= 0.6 is 15.9 Å². The largest absolute Gasteiger partial charge is 0.321 e. The molecular weight excluding hydrogens is 310 g/mol. The molecule has 0 amide bonds. The maximum atomic E-state index is 4.16. The second-order valence-corrected chi connectivity index (χ2v) is 4.49. The van der Waals surface area contributed by atoms with Gasteiger partial charge in [-0.05, 0) is 22.0 Å². The lowest BCUT2D eigenvalue weighted by atomic mass is 10.5. The van der Waals surface area contributed by atoms with Crippen molar-refractivity contribution >= 4 is 27.6 Å². The van der Waals surface area contributed by atoms with E-state index in [0.29, 0.717) is 11.9 Å². The first kappa shape index (κ1) is 11.7. The SMILES string of the molecule is Brc1cnc(Nc2cnn(-c3ncccn3)c2)nc1. The summed E-state index contributed by atoms with van der Waals surface area (Å²) in [6.07, 6.45) is 10.1. The van der Waals surface area contributed by atoms with E-state index >= 15 is 0 Å². The van der Waals surface area contributed by atoms with E-state index in [1.807, 2.05) is 0 Å². The first-order valence-electron chi connectivity index (χ1n) is 5.38. The predicted octanol–water partition coefficient (Wildman–Crippen LogP) is 1.96. The molecule has 0 fully saturated rings. The molecule has 0 saturated heterocycles. The van der Waals surface area contributed by atoms with Crippen molar-refractivity contribution in [2.24, 2.45) is 0 Å². The smallest absolute Gasteiger partial charge is 0.250 e. The van der Waals surface area contributed by atoms with Crippen molar-refractivity contribution in [3.8, 4) is 5.95 Å². The number of anilines is 2. The van der Waals surface area contributed by atoms with Gasteiger partial charge in [0.1, 0.15) is 0 Å². The first-order chi connectivity index (χ1) is 9.31. The second kappa shape index (κ2) is 5.11. The zero-order valence-corrected chi connectivity index (χ0v) is 11.2. The molecule has 0 atom stereocenters. The Balaban J connectivity index is 1.80. The Morgan fingerprint density at radius 3 is 2.47 bits per heavy atom. The fourth-order valence-electron chi connectivity index (χ4n) is 1.41. The van der Waals surface area contributed by atoms with E-state index in [4.69, 9.17) is 0 Å². The third-order valence-electron chi connectivity index (χ3n) is 2.22. The summed E-state index contributed by atoms with van der Waals surface area (Å²) in [5, 5.41) is 7.20. The van der Waals surface area contributed by atoms with Crippen molar-refractivity contribution < 1.29 is 0 Å². The van der Waals surface area contributed by atoms with Crippen molar-refractivity contribution in [1.82, 2.24) is 29.7 Å². The van der Waals surface area contributed by atoms with Gasteiger partial charge in [0.05, 0.1) is 22.6 Å². The second-order valence-electron chi connectivity index (χ2n) is 3.57. The molecule has 0 radical (unpaired) electrons. The Kier molecular flexibility index (Phi) is 3.15. The molecule has 19 heavy (non-hydrogen) atoms. The average molecular weight is 318 g/mol. The van der Waals surface area contributed by atoms with Crippen molar-refractivity contribution in [3.05, 3.63) is 47.7 Å². The zero-order chi connectivity index (χ0) is 13.1. The minimum atomic E-state index is 0.497.